The molecular weight excluding hydrogens is 202 g/mol. The van der Waals surface area contributed by atoms with E-state index in [4.69, 9.17) is 0 Å². The first-order valence-corrected chi connectivity index (χ1v) is 5.49. The summed E-state index contributed by atoms with van der Waals surface area (Å²) in [5, 5.41) is 5.69. The third kappa shape index (κ3) is 2.17. The number of rotatable bonds is 3. The SMILES string of the molecule is CNCC(=O)Nc1ccc2c(c1)N(C)CC2. The number of carbonyl (C=O) groups is 1. The van der Waals surface area contributed by atoms with Gasteiger partial charge in [-0.3, -0.25) is 4.79 Å². The van der Waals surface area contributed by atoms with E-state index < -0.39 is 0 Å². The van der Waals surface area contributed by atoms with Crippen LogP contribution in [-0.2, 0) is 11.2 Å². The molecule has 0 aromatic heterocycles. The molecule has 1 aliphatic rings. The van der Waals surface area contributed by atoms with E-state index in [1.807, 2.05) is 12.1 Å². The molecule has 0 spiro atoms. The van der Waals surface area contributed by atoms with E-state index >= 15 is 0 Å². The minimum Gasteiger partial charge on any atom is -0.374 e. The molecule has 0 atom stereocenters. The summed E-state index contributed by atoms with van der Waals surface area (Å²) < 4.78 is 0. The number of nitrogens with one attached hydrogen (secondary N) is 2. The molecular formula is C12H17N3O. The van der Waals surface area contributed by atoms with Crippen molar-refractivity contribution in [2.24, 2.45) is 0 Å². The molecule has 1 aliphatic heterocycles. The molecule has 2 N–H and O–H groups in total. The van der Waals surface area contributed by atoms with Gasteiger partial charge in [-0.1, -0.05) is 6.07 Å². The fraction of sp³-hybridized carbons (Fsp3) is 0.417. The molecule has 1 amide bonds. The minimum atomic E-state index is -0.0110. The Labute approximate surface area is 95.6 Å². The van der Waals surface area contributed by atoms with Crippen LogP contribution in [0.3, 0.4) is 0 Å². The Morgan fingerprint density at radius 3 is 3.06 bits per heavy atom. The van der Waals surface area contributed by atoms with E-state index in [0.29, 0.717) is 6.54 Å². The first-order chi connectivity index (χ1) is 7.70. The highest BCUT2D eigenvalue weighted by Crippen LogP contribution is 2.29. The van der Waals surface area contributed by atoms with Crippen molar-refractivity contribution in [1.29, 1.82) is 0 Å². The summed E-state index contributed by atoms with van der Waals surface area (Å²) in [4.78, 5) is 13.6. The fourth-order valence-corrected chi connectivity index (χ4v) is 1.98. The van der Waals surface area contributed by atoms with Crippen LogP contribution in [-0.4, -0.2) is 33.1 Å². The zero-order chi connectivity index (χ0) is 11.5. The Balaban J connectivity index is 2.12. The number of anilines is 2. The highest BCUT2D eigenvalue weighted by atomic mass is 16.1. The Kier molecular flexibility index (Phi) is 3.10. The maximum Gasteiger partial charge on any atom is 0.238 e. The quantitative estimate of drug-likeness (QED) is 0.791. The van der Waals surface area contributed by atoms with Crippen molar-refractivity contribution >= 4 is 17.3 Å². The van der Waals surface area contributed by atoms with Crippen LogP contribution in [0.15, 0.2) is 18.2 Å². The summed E-state index contributed by atoms with van der Waals surface area (Å²) in [5.41, 5.74) is 3.45. The maximum absolute atomic E-state index is 11.4. The van der Waals surface area contributed by atoms with Gasteiger partial charge in [0.05, 0.1) is 6.54 Å². The third-order valence-electron chi connectivity index (χ3n) is 2.83. The van der Waals surface area contributed by atoms with Crippen molar-refractivity contribution in [2.45, 2.75) is 6.42 Å². The lowest BCUT2D eigenvalue weighted by Gasteiger charge is -2.13. The van der Waals surface area contributed by atoms with E-state index in [9.17, 15) is 4.79 Å². The molecule has 0 saturated heterocycles. The molecule has 1 aromatic carbocycles. The molecule has 0 fully saturated rings. The van der Waals surface area contributed by atoms with Crippen LogP contribution < -0.4 is 15.5 Å². The molecule has 1 aromatic rings. The van der Waals surface area contributed by atoms with Gasteiger partial charge in [0, 0.05) is 25.0 Å². The number of hydrogen-bond donors (Lipinski definition) is 2. The van der Waals surface area contributed by atoms with Crippen molar-refractivity contribution in [3.05, 3.63) is 23.8 Å². The van der Waals surface area contributed by atoms with Crippen molar-refractivity contribution < 1.29 is 4.79 Å². The molecule has 0 saturated carbocycles. The van der Waals surface area contributed by atoms with Gasteiger partial charge in [0.2, 0.25) is 5.91 Å². The monoisotopic (exact) mass is 219 g/mol. The van der Waals surface area contributed by atoms with Gasteiger partial charge in [-0.25, -0.2) is 0 Å². The largest absolute Gasteiger partial charge is 0.374 e. The highest BCUT2D eigenvalue weighted by Gasteiger charge is 2.15. The summed E-state index contributed by atoms with van der Waals surface area (Å²) in [6, 6.07) is 6.09. The predicted octanol–water partition coefficient (Wildman–Crippen LogP) is 0.837. The minimum absolute atomic E-state index is 0.0110. The lowest BCUT2D eigenvalue weighted by Crippen LogP contribution is -2.25. The molecule has 2 rings (SSSR count). The van der Waals surface area contributed by atoms with Crippen LogP contribution in [0, 0.1) is 0 Å². The summed E-state index contributed by atoms with van der Waals surface area (Å²) >= 11 is 0. The van der Waals surface area contributed by atoms with Gasteiger partial charge in [-0.2, -0.15) is 0 Å². The van der Waals surface area contributed by atoms with Crippen molar-refractivity contribution in [3.8, 4) is 0 Å². The lowest BCUT2D eigenvalue weighted by atomic mass is 10.1. The summed E-state index contributed by atoms with van der Waals surface area (Å²) in [7, 11) is 3.83. The topological polar surface area (TPSA) is 44.4 Å². The first kappa shape index (κ1) is 11.0. The van der Waals surface area contributed by atoms with Crippen molar-refractivity contribution in [1.82, 2.24) is 5.32 Å². The average molecular weight is 219 g/mol. The summed E-state index contributed by atoms with van der Waals surface area (Å²) in [6.45, 7) is 1.40. The van der Waals surface area contributed by atoms with Gasteiger partial charge in [0.1, 0.15) is 0 Å². The highest BCUT2D eigenvalue weighted by molar-refractivity contribution is 5.92. The maximum atomic E-state index is 11.4. The molecule has 0 radical (unpaired) electrons. The Hall–Kier alpha value is -1.55. The second-order valence-corrected chi connectivity index (χ2v) is 4.09. The van der Waals surface area contributed by atoms with E-state index in [0.717, 1.165) is 18.7 Å². The zero-order valence-electron chi connectivity index (χ0n) is 9.71. The third-order valence-corrected chi connectivity index (χ3v) is 2.83. The van der Waals surface area contributed by atoms with E-state index in [-0.39, 0.29) is 5.91 Å². The molecule has 16 heavy (non-hydrogen) atoms. The number of amides is 1. The molecule has 4 nitrogen and oxygen atoms in total. The molecule has 4 heteroatoms. The molecule has 0 aliphatic carbocycles. The van der Waals surface area contributed by atoms with Gasteiger partial charge >= 0.3 is 0 Å². The van der Waals surface area contributed by atoms with E-state index in [1.54, 1.807) is 7.05 Å². The van der Waals surface area contributed by atoms with Gasteiger partial charge in [0.15, 0.2) is 0 Å². The Morgan fingerprint density at radius 1 is 1.50 bits per heavy atom. The second-order valence-electron chi connectivity index (χ2n) is 4.09. The number of likely N-dealkylation sites (N-methyl/N-ethyl adjacent to an activating group) is 2. The van der Waals surface area contributed by atoms with Crippen LogP contribution in [0.2, 0.25) is 0 Å². The first-order valence-electron chi connectivity index (χ1n) is 5.49. The molecule has 0 bridgehead atoms. The van der Waals surface area contributed by atoms with Crippen LogP contribution in [0.25, 0.3) is 0 Å². The van der Waals surface area contributed by atoms with E-state index in [2.05, 4.69) is 28.6 Å². The second kappa shape index (κ2) is 4.53. The van der Waals surface area contributed by atoms with Crippen molar-refractivity contribution in [2.75, 3.05) is 37.4 Å². The van der Waals surface area contributed by atoms with Crippen molar-refractivity contribution in [3.63, 3.8) is 0 Å². The smallest absolute Gasteiger partial charge is 0.238 e. The number of nitrogens with zero attached hydrogens (tertiary/aromatic N) is 1. The normalized spacial score (nSPS) is 13.8. The van der Waals surface area contributed by atoms with Gasteiger partial charge < -0.3 is 15.5 Å². The molecule has 1 heterocycles. The van der Waals surface area contributed by atoms with Gasteiger partial charge in [-0.15, -0.1) is 0 Å². The number of benzene rings is 1. The Morgan fingerprint density at radius 2 is 2.31 bits per heavy atom. The lowest BCUT2D eigenvalue weighted by molar-refractivity contribution is -0.115. The predicted molar refractivity (Wildman–Crippen MR) is 66.0 cm³/mol. The zero-order valence-corrected chi connectivity index (χ0v) is 9.71. The Bertz CT molecular complexity index is 403. The van der Waals surface area contributed by atoms with Gasteiger partial charge in [-0.05, 0) is 31.2 Å². The van der Waals surface area contributed by atoms with Crippen LogP contribution in [0.5, 0.6) is 0 Å². The average Bonchev–Trinajstić information content (AvgIpc) is 2.61. The number of fused-ring (bicyclic) bond motifs is 1. The number of carbonyl (C=O) groups excluding carboxylic acids is 1. The van der Waals surface area contributed by atoms with E-state index in [1.165, 1.54) is 11.3 Å². The summed E-state index contributed by atoms with van der Waals surface area (Å²) in [6.07, 6.45) is 1.09. The summed E-state index contributed by atoms with van der Waals surface area (Å²) in [5.74, 6) is -0.0110. The van der Waals surface area contributed by atoms with Crippen LogP contribution in [0.4, 0.5) is 11.4 Å². The van der Waals surface area contributed by atoms with Crippen LogP contribution in [0.1, 0.15) is 5.56 Å². The molecule has 0 unspecified atom stereocenters. The molecule has 86 valence electrons. The standard InChI is InChI=1S/C12H17N3O/c1-13-8-12(16)14-10-4-3-9-5-6-15(2)11(9)7-10/h3-4,7,13H,5-6,8H2,1-2H3,(H,14,16). The van der Waals surface area contributed by atoms with Gasteiger partial charge in [0.25, 0.3) is 0 Å². The fourth-order valence-electron chi connectivity index (χ4n) is 1.98. The number of hydrogen-bond acceptors (Lipinski definition) is 3. The van der Waals surface area contributed by atoms with Crippen LogP contribution >= 0.6 is 0 Å².